The molecule has 0 bridgehead atoms. The lowest BCUT2D eigenvalue weighted by molar-refractivity contribution is -0.121. The zero-order valence-electron chi connectivity index (χ0n) is 12.6. The zero-order valence-corrected chi connectivity index (χ0v) is 12.6. The Morgan fingerprint density at radius 2 is 2.00 bits per heavy atom. The lowest BCUT2D eigenvalue weighted by Crippen LogP contribution is -2.52. The van der Waals surface area contributed by atoms with Crippen LogP contribution < -0.4 is 10.6 Å². The van der Waals surface area contributed by atoms with Gasteiger partial charge in [-0.1, -0.05) is 39.5 Å². The summed E-state index contributed by atoms with van der Waals surface area (Å²) in [6.45, 7) is 6.48. The third-order valence-corrected chi connectivity index (χ3v) is 5.09. The lowest BCUT2D eigenvalue weighted by atomic mass is 9.77. The molecular formula is C16H30N2O. The molecule has 19 heavy (non-hydrogen) atoms. The monoisotopic (exact) mass is 266 g/mol. The van der Waals surface area contributed by atoms with E-state index in [-0.39, 0.29) is 5.91 Å². The van der Waals surface area contributed by atoms with Crippen LogP contribution in [0.5, 0.6) is 0 Å². The molecule has 0 spiro atoms. The Hall–Kier alpha value is -0.570. The van der Waals surface area contributed by atoms with Crippen molar-refractivity contribution >= 4 is 5.91 Å². The minimum absolute atomic E-state index is 0.245. The van der Waals surface area contributed by atoms with E-state index in [1.165, 1.54) is 38.5 Å². The first-order chi connectivity index (χ1) is 9.08. The minimum atomic E-state index is 0.245. The molecule has 2 N–H and O–H groups in total. The van der Waals surface area contributed by atoms with E-state index in [4.69, 9.17) is 0 Å². The van der Waals surface area contributed by atoms with Crippen molar-refractivity contribution in [3.8, 4) is 0 Å². The molecule has 0 aromatic heterocycles. The lowest BCUT2D eigenvalue weighted by Gasteiger charge is -2.39. The van der Waals surface area contributed by atoms with Gasteiger partial charge < -0.3 is 10.6 Å². The fourth-order valence-electron chi connectivity index (χ4n) is 3.56. The summed E-state index contributed by atoms with van der Waals surface area (Å²) in [7, 11) is 0. The van der Waals surface area contributed by atoms with E-state index >= 15 is 0 Å². The highest BCUT2D eigenvalue weighted by atomic mass is 16.1. The molecule has 1 amide bonds. The zero-order chi connectivity index (χ0) is 13.7. The molecule has 1 saturated carbocycles. The quantitative estimate of drug-likeness (QED) is 0.803. The van der Waals surface area contributed by atoms with Gasteiger partial charge in [-0.2, -0.15) is 0 Å². The first kappa shape index (κ1) is 14.8. The first-order valence-electron chi connectivity index (χ1n) is 8.08. The van der Waals surface area contributed by atoms with Crippen molar-refractivity contribution in [3.63, 3.8) is 0 Å². The summed E-state index contributed by atoms with van der Waals surface area (Å²) in [5, 5.41) is 6.68. The van der Waals surface area contributed by atoms with E-state index in [0.29, 0.717) is 11.5 Å². The van der Waals surface area contributed by atoms with Crippen molar-refractivity contribution < 1.29 is 4.79 Å². The van der Waals surface area contributed by atoms with Crippen LogP contribution in [-0.4, -0.2) is 25.0 Å². The maximum atomic E-state index is 11.9. The molecule has 3 heteroatoms. The van der Waals surface area contributed by atoms with Crippen LogP contribution in [0.4, 0.5) is 0 Å². The first-order valence-corrected chi connectivity index (χ1v) is 8.08. The summed E-state index contributed by atoms with van der Waals surface area (Å²) < 4.78 is 0. The summed E-state index contributed by atoms with van der Waals surface area (Å²) >= 11 is 0. The van der Waals surface area contributed by atoms with Crippen LogP contribution in [0.1, 0.15) is 65.2 Å². The molecule has 110 valence electrons. The van der Waals surface area contributed by atoms with E-state index in [0.717, 1.165) is 31.8 Å². The highest BCUT2D eigenvalue weighted by Crippen LogP contribution is 2.30. The average Bonchev–Trinajstić information content (AvgIpc) is 2.87. The summed E-state index contributed by atoms with van der Waals surface area (Å²) in [6, 6.07) is 0.427. The number of carbonyl (C=O) groups is 1. The molecule has 0 aromatic carbocycles. The van der Waals surface area contributed by atoms with Crippen LogP contribution in [0, 0.1) is 11.3 Å². The second-order valence-corrected chi connectivity index (χ2v) is 7.09. The fourth-order valence-corrected chi connectivity index (χ4v) is 3.56. The molecular weight excluding hydrogens is 236 g/mol. The maximum Gasteiger partial charge on any atom is 0.220 e. The molecule has 1 saturated heterocycles. The Balaban J connectivity index is 1.64. The molecule has 1 aliphatic heterocycles. The van der Waals surface area contributed by atoms with Gasteiger partial charge in [0.25, 0.3) is 0 Å². The highest BCUT2D eigenvalue weighted by Gasteiger charge is 2.31. The molecule has 0 aromatic rings. The fraction of sp³-hybridized carbons (Fsp3) is 0.938. The van der Waals surface area contributed by atoms with Gasteiger partial charge in [-0.3, -0.25) is 4.79 Å². The summed E-state index contributed by atoms with van der Waals surface area (Å²) in [5.74, 6) is 1.06. The van der Waals surface area contributed by atoms with Gasteiger partial charge in [-0.05, 0) is 37.1 Å². The van der Waals surface area contributed by atoms with E-state index < -0.39 is 0 Å². The topological polar surface area (TPSA) is 41.1 Å². The van der Waals surface area contributed by atoms with Crippen molar-refractivity contribution in [3.05, 3.63) is 0 Å². The molecule has 0 radical (unpaired) electrons. The van der Waals surface area contributed by atoms with Crippen molar-refractivity contribution in [1.82, 2.24) is 10.6 Å². The molecule has 1 aliphatic carbocycles. The van der Waals surface area contributed by atoms with Crippen molar-refractivity contribution in [2.24, 2.45) is 11.3 Å². The third-order valence-electron chi connectivity index (χ3n) is 5.09. The van der Waals surface area contributed by atoms with Gasteiger partial charge >= 0.3 is 0 Å². The van der Waals surface area contributed by atoms with Crippen LogP contribution in [0.25, 0.3) is 0 Å². The molecule has 1 heterocycles. The Morgan fingerprint density at radius 3 is 2.68 bits per heavy atom. The Labute approximate surface area is 117 Å². The number of amides is 1. The number of rotatable bonds is 5. The number of hydrogen-bond donors (Lipinski definition) is 2. The van der Waals surface area contributed by atoms with E-state index in [9.17, 15) is 4.79 Å². The van der Waals surface area contributed by atoms with Gasteiger partial charge in [0.2, 0.25) is 5.91 Å². The minimum Gasteiger partial charge on any atom is -0.355 e. The van der Waals surface area contributed by atoms with Crippen LogP contribution in [0.15, 0.2) is 0 Å². The van der Waals surface area contributed by atoms with E-state index in [2.05, 4.69) is 24.5 Å². The van der Waals surface area contributed by atoms with Crippen molar-refractivity contribution in [2.45, 2.75) is 71.3 Å². The van der Waals surface area contributed by atoms with Gasteiger partial charge in [0, 0.05) is 19.0 Å². The molecule has 3 nitrogen and oxygen atoms in total. The summed E-state index contributed by atoms with van der Waals surface area (Å²) in [4.78, 5) is 11.9. The maximum absolute atomic E-state index is 11.9. The third kappa shape index (κ3) is 4.48. The summed E-state index contributed by atoms with van der Waals surface area (Å²) in [5.41, 5.74) is 0.303. The van der Waals surface area contributed by atoms with Crippen molar-refractivity contribution in [2.75, 3.05) is 13.1 Å². The Morgan fingerprint density at radius 1 is 1.26 bits per heavy atom. The predicted octanol–water partition coefficient (Wildman–Crippen LogP) is 2.85. The normalized spacial score (nSPS) is 27.4. The summed E-state index contributed by atoms with van der Waals surface area (Å²) in [6.07, 6.45) is 9.72. The second-order valence-electron chi connectivity index (χ2n) is 7.09. The number of nitrogens with one attached hydrogen (secondary N) is 2. The van der Waals surface area contributed by atoms with E-state index in [1.807, 2.05) is 0 Å². The number of piperidine rings is 1. The van der Waals surface area contributed by atoms with Gasteiger partial charge in [0.1, 0.15) is 0 Å². The largest absolute Gasteiger partial charge is 0.355 e. The van der Waals surface area contributed by atoms with Crippen LogP contribution in [0.2, 0.25) is 0 Å². The van der Waals surface area contributed by atoms with E-state index in [1.54, 1.807) is 0 Å². The highest BCUT2D eigenvalue weighted by molar-refractivity contribution is 5.75. The Bertz CT molecular complexity index is 295. The molecule has 2 fully saturated rings. The Kier molecular flexibility index (Phi) is 5.26. The standard InChI is InChI=1S/C16H30N2O/c1-16(2)10-5-11-17-14(16)12-18-15(19)9-8-13-6-3-4-7-13/h13-14,17H,3-12H2,1-2H3,(H,18,19). The second kappa shape index (κ2) is 6.74. The number of carbonyl (C=O) groups excluding carboxylic acids is 1. The average molecular weight is 266 g/mol. The molecule has 1 unspecified atom stereocenters. The van der Waals surface area contributed by atoms with Crippen LogP contribution in [0.3, 0.4) is 0 Å². The molecule has 1 atom stereocenters. The number of hydrogen-bond acceptors (Lipinski definition) is 2. The molecule has 2 rings (SSSR count). The van der Waals surface area contributed by atoms with Gasteiger partial charge in [-0.25, -0.2) is 0 Å². The van der Waals surface area contributed by atoms with Crippen LogP contribution in [-0.2, 0) is 4.79 Å². The predicted molar refractivity (Wildman–Crippen MR) is 79.0 cm³/mol. The van der Waals surface area contributed by atoms with Gasteiger partial charge in [-0.15, -0.1) is 0 Å². The van der Waals surface area contributed by atoms with Gasteiger partial charge in [0.15, 0.2) is 0 Å². The SMILES string of the molecule is CC1(C)CCCNC1CNC(=O)CCC1CCCC1. The van der Waals surface area contributed by atoms with Crippen LogP contribution >= 0.6 is 0 Å². The van der Waals surface area contributed by atoms with Gasteiger partial charge in [0.05, 0.1) is 0 Å². The smallest absolute Gasteiger partial charge is 0.220 e. The molecule has 2 aliphatic rings. The van der Waals surface area contributed by atoms with Crippen molar-refractivity contribution in [1.29, 1.82) is 0 Å².